The first-order valence-corrected chi connectivity index (χ1v) is 21.4. The summed E-state index contributed by atoms with van der Waals surface area (Å²) in [6.45, 7) is 0. The van der Waals surface area contributed by atoms with E-state index in [2.05, 4.69) is 176 Å². The number of aromatic nitrogens is 3. The molecule has 12 rings (SSSR count). The summed E-state index contributed by atoms with van der Waals surface area (Å²) in [5.74, 6) is 1.94. The molecule has 2 aromatic heterocycles. The monoisotopic (exact) mass is 793 g/mol. The van der Waals surface area contributed by atoms with Gasteiger partial charge >= 0.3 is 0 Å². The van der Waals surface area contributed by atoms with E-state index in [1.165, 1.54) is 69.4 Å². The zero-order valence-electron chi connectivity index (χ0n) is 33.0. The van der Waals surface area contributed by atoms with Gasteiger partial charge in [0.05, 0.1) is 0 Å². The van der Waals surface area contributed by atoms with E-state index < -0.39 is 0 Å². The molecule has 0 atom stereocenters. The number of hydrogen-bond acceptors (Lipinski definition) is 4. The van der Waals surface area contributed by atoms with Crippen LogP contribution in [0.15, 0.2) is 212 Å². The fourth-order valence-corrected chi connectivity index (χ4v) is 10.3. The van der Waals surface area contributed by atoms with Crippen LogP contribution in [0.1, 0.15) is 0 Å². The fraction of sp³-hybridized carbons (Fsp3) is 0. The zero-order chi connectivity index (χ0) is 40.3. The molecular weight excluding hydrogens is 759 g/mol. The molecule has 0 aliphatic carbocycles. The van der Waals surface area contributed by atoms with Gasteiger partial charge in [0.2, 0.25) is 0 Å². The third kappa shape index (κ3) is 5.99. The highest BCUT2D eigenvalue weighted by Crippen LogP contribution is 2.46. The van der Waals surface area contributed by atoms with E-state index >= 15 is 0 Å². The lowest BCUT2D eigenvalue weighted by Crippen LogP contribution is -2.00. The summed E-state index contributed by atoms with van der Waals surface area (Å²) < 4.78 is 2.42. The molecule has 0 spiro atoms. The molecule has 0 radical (unpaired) electrons. The van der Waals surface area contributed by atoms with Gasteiger partial charge in [-0.15, -0.1) is 11.3 Å². The van der Waals surface area contributed by atoms with Crippen molar-refractivity contribution in [2.45, 2.75) is 0 Å². The van der Waals surface area contributed by atoms with Gasteiger partial charge in [-0.2, -0.15) is 0 Å². The van der Waals surface area contributed by atoms with Gasteiger partial charge in [-0.1, -0.05) is 188 Å². The standard InChI is InChI=1S/C57H35N3S/c1-3-17-36(18-4-1)55-58-56(37-19-5-2-6-20-37)60-57(59-55)51-34-39(35-53-54(51)49-29-15-16-30-52(49)61-53)41-22-8-10-24-43(41)42-23-9-7-21-40(42)38-31-32-48-46-27-12-11-25-44(46)45-26-13-14-28-47(45)50(48)33-38/h1-35H. The van der Waals surface area contributed by atoms with Gasteiger partial charge in [-0.05, 0) is 90.0 Å². The average molecular weight is 794 g/mol. The minimum atomic E-state index is 0.646. The third-order valence-corrected chi connectivity index (χ3v) is 13.0. The predicted molar refractivity (Wildman–Crippen MR) is 258 cm³/mol. The Balaban J connectivity index is 1.08. The van der Waals surface area contributed by atoms with Crippen LogP contribution in [0.4, 0.5) is 0 Å². The summed E-state index contributed by atoms with van der Waals surface area (Å²) in [7, 11) is 0. The number of thiophene rings is 1. The lowest BCUT2D eigenvalue weighted by molar-refractivity contribution is 1.08. The molecule has 0 N–H and O–H groups in total. The molecule has 61 heavy (non-hydrogen) atoms. The predicted octanol–water partition coefficient (Wildman–Crippen LogP) is 15.7. The van der Waals surface area contributed by atoms with Crippen LogP contribution in [-0.4, -0.2) is 15.0 Å². The summed E-state index contributed by atoms with van der Waals surface area (Å²) in [4.78, 5) is 15.5. The maximum atomic E-state index is 5.25. The van der Waals surface area contributed by atoms with Crippen molar-refractivity contribution < 1.29 is 0 Å². The van der Waals surface area contributed by atoms with Crippen LogP contribution >= 0.6 is 11.3 Å². The molecule has 0 fully saturated rings. The second-order valence-electron chi connectivity index (χ2n) is 15.5. The highest BCUT2D eigenvalue weighted by molar-refractivity contribution is 7.26. The summed E-state index contributed by atoms with van der Waals surface area (Å²) >= 11 is 1.81. The second-order valence-corrected chi connectivity index (χ2v) is 16.6. The lowest BCUT2D eigenvalue weighted by atomic mass is 9.87. The van der Waals surface area contributed by atoms with Crippen molar-refractivity contribution in [2.24, 2.45) is 0 Å². The van der Waals surface area contributed by atoms with E-state index in [-0.39, 0.29) is 0 Å². The van der Waals surface area contributed by atoms with Crippen LogP contribution in [-0.2, 0) is 0 Å². The summed E-state index contributed by atoms with van der Waals surface area (Å²) in [6, 6.07) is 75.9. The highest BCUT2D eigenvalue weighted by atomic mass is 32.1. The van der Waals surface area contributed by atoms with Gasteiger partial charge in [0.25, 0.3) is 0 Å². The highest BCUT2D eigenvalue weighted by Gasteiger charge is 2.21. The van der Waals surface area contributed by atoms with E-state index in [1.807, 2.05) is 47.7 Å². The van der Waals surface area contributed by atoms with Crippen molar-refractivity contribution in [1.29, 1.82) is 0 Å². The number of fused-ring (bicyclic) bond motifs is 9. The number of benzene rings is 10. The number of nitrogens with zero attached hydrogens (tertiary/aromatic N) is 3. The average Bonchev–Trinajstić information content (AvgIpc) is 3.73. The van der Waals surface area contributed by atoms with Crippen molar-refractivity contribution in [1.82, 2.24) is 15.0 Å². The Kier molecular flexibility index (Phi) is 8.36. The van der Waals surface area contributed by atoms with Gasteiger partial charge in [0.15, 0.2) is 17.5 Å². The Bertz CT molecular complexity index is 3560. The Hall–Kier alpha value is -7.79. The van der Waals surface area contributed by atoms with Gasteiger partial charge in [-0.25, -0.2) is 15.0 Å². The van der Waals surface area contributed by atoms with E-state index in [1.54, 1.807) is 0 Å². The molecule has 0 unspecified atom stereocenters. The molecule has 4 heteroatoms. The molecule has 0 saturated heterocycles. The molecule has 284 valence electrons. The second kappa shape index (κ2) is 14.5. The van der Waals surface area contributed by atoms with Crippen molar-refractivity contribution in [3.63, 3.8) is 0 Å². The van der Waals surface area contributed by atoms with Gasteiger partial charge < -0.3 is 0 Å². The first-order valence-electron chi connectivity index (χ1n) is 20.6. The van der Waals surface area contributed by atoms with Crippen molar-refractivity contribution in [3.05, 3.63) is 212 Å². The minimum Gasteiger partial charge on any atom is -0.208 e. The van der Waals surface area contributed by atoms with Crippen LogP contribution in [0.3, 0.4) is 0 Å². The van der Waals surface area contributed by atoms with E-state index in [9.17, 15) is 0 Å². The third-order valence-electron chi connectivity index (χ3n) is 11.9. The summed E-state index contributed by atoms with van der Waals surface area (Å²) in [5, 5.41) is 9.99. The molecule has 0 saturated carbocycles. The molecule has 0 aliphatic rings. The fourth-order valence-electron chi connectivity index (χ4n) is 9.13. The first-order chi connectivity index (χ1) is 30.2. The van der Waals surface area contributed by atoms with Crippen molar-refractivity contribution >= 4 is 63.8 Å². The summed E-state index contributed by atoms with van der Waals surface area (Å²) in [5.41, 5.74) is 9.86. The van der Waals surface area contributed by atoms with E-state index in [0.717, 1.165) is 33.2 Å². The molecule has 10 aromatic carbocycles. The topological polar surface area (TPSA) is 38.7 Å². The largest absolute Gasteiger partial charge is 0.208 e. The maximum absolute atomic E-state index is 5.25. The molecule has 3 nitrogen and oxygen atoms in total. The number of rotatable bonds is 6. The van der Waals surface area contributed by atoms with Gasteiger partial charge in [-0.3, -0.25) is 0 Å². The molecule has 12 aromatic rings. The maximum Gasteiger partial charge on any atom is 0.164 e. The van der Waals surface area contributed by atoms with E-state index in [0.29, 0.717) is 17.5 Å². The molecule has 0 amide bonds. The minimum absolute atomic E-state index is 0.646. The first kappa shape index (κ1) is 35.2. The Morgan fingerprint density at radius 2 is 0.689 bits per heavy atom. The Labute approximate surface area is 356 Å². The molecule has 0 aliphatic heterocycles. The van der Waals surface area contributed by atoms with Gasteiger partial charge in [0.1, 0.15) is 0 Å². The van der Waals surface area contributed by atoms with Crippen LogP contribution in [0.25, 0.3) is 120 Å². The van der Waals surface area contributed by atoms with E-state index in [4.69, 9.17) is 15.0 Å². The smallest absolute Gasteiger partial charge is 0.164 e. The number of hydrogen-bond donors (Lipinski definition) is 0. The van der Waals surface area contributed by atoms with Gasteiger partial charge in [0, 0.05) is 36.9 Å². The summed E-state index contributed by atoms with van der Waals surface area (Å²) in [6.07, 6.45) is 0. The van der Waals surface area contributed by atoms with Crippen LogP contribution in [0.5, 0.6) is 0 Å². The molecule has 0 bridgehead atoms. The van der Waals surface area contributed by atoms with Crippen LogP contribution < -0.4 is 0 Å². The molecule has 2 heterocycles. The normalized spacial score (nSPS) is 11.6. The van der Waals surface area contributed by atoms with Crippen LogP contribution in [0, 0.1) is 0 Å². The van der Waals surface area contributed by atoms with Crippen molar-refractivity contribution in [3.8, 4) is 67.5 Å². The lowest BCUT2D eigenvalue weighted by Gasteiger charge is -2.17. The SMILES string of the molecule is c1ccc(-c2nc(-c3ccccc3)nc(-c3cc(-c4ccccc4-c4ccccc4-c4ccc5c6ccccc6c6ccccc6c5c4)cc4sc5ccccc5c34)n2)cc1. The Morgan fingerprint density at radius 3 is 1.28 bits per heavy atom. The van der Waals surface area contributed by atoms with Crippen molar-refractivity contribution in [2.75, 3.05) is 0 Å². The van der Waals surface area contributed by atoms with Crippen LogP contribution in [0.2, 0.25) is 0 Å². The molecular formula is C57H35N3S. The zero-order valence-corrected chi connectivity index (χ0v) is 33.8. The Morgan fingerprint density at radius 1 is 0.246 bits per heavy atom. The quantitative estimate of drug-likeness (QED) is 0.157.